The summed E-state index contributed by atoms with van der Waals surface area (Å²) in [5.74, 6) is 1.12. The normalized spacial score (nSPS) is 13.8. The standard InChI is InChI=1S/C19H21FN2O3/c1-12(2)19(13-3-5-14(20)6-4-13)21-10-18(23)22-15-7-8-16-17(9-15)25-11-24-16/h3-9,12,19,21H,10-11H2,1-2H3,(H,22,23)/t19-/m1/s1. The van der Waals surface area contributed by atoms with Crippen molar-refractivity contribution in [3.8, 4) is 11.5 Å². The Hall–Kier alpha value is -2.60. The highest BCUT2D eigenvalue weighted by molar-refractivity contribution is 5.92. The van der Waals surface area contributed by atoms with Crippen LogP contribution in [-0.4, -0.2) is 19.2 Å². The summed E-state index contributed by atoms with van der Waals surface area (Å²) in [7, 11) is 0. The molecule has 0 aliphatic carbocycles. The molecular formula is C19H21FN2O3. The second kappa shape index (κ2) is 7.53. The zero-order valence-corrected chi connectivity index (χ0v) is 14.2. The zero-order chi connectivity index (χ0) is 17.8. The van der Waals surface area contributed by atoms with Gasteiger partial charge in [-0.25, -0.2) is 4.39 Å². The molecule has 0 unspecified atom stereocenters. The fourth-order valence-corrected chi connectivity index (χ4v) is 2.79. The second-order valence-electron chi connectivity index (χ2n) is 6.27. The molecule has 25 heavy (non-hydrogen) atoms. The third-order valence-electron chi connectivity index (χ3n) is 4.03. The van der Waals surface area contributed by atoms with Crippen molar-refractivity contribution >= 4 is 11.6 Å². The summed E-state index contributed by atoms with van der Waals surface area (Å²) in [6.07, 6.45) is 0. The van der Waals surface area contributed by atoms with E-state index in [4.69, 9.17) is 9.47 Å². The van der Waals surface area contributed by atoms with Gasteiger partial charge in [-0.2, -0.15) is 0 Å². The topological polar surface area (TPSA) is 59.6 Å². The van der Waals surface area contributed by atoms with E-state index in [-0.39, 0.29) is 37.0 Å². The molecule has 0 bridgehead atoms. The molecule has 2 aromatic carbocycles. The molecule has 1 aliphatic heterocycles. The first kappa shape index (κ1) is 17.2. The largest absolute Gasteiger partial charge is 0.454 e. The number of carbonyl (C=O) groups is 1. The number of hydrogen-bond acceptors (Lipinski definition) is 4. The molecule has 1 aliphatic rings. The highest BCUT2D eigenvalue weighted by atomic mass is 19.1. The second-order valence-corrected chi connectivity index (χ2v) is 6.27. The Kier molecular flexibility index (Phi) is 5.19. The average Bonchev–Trinajstić information content (AvgIpc) is 3.04. The molecule has 2 aromatic rings. The molecule has 0 radical (unpaired) electrons. The third kappa shape index (κ3) is 4.28. The van der Waals surface area contributed by atoms with Crippen LogP contribution in [0.5, 0.6) is 11.5 Å². The zero-order valence-electron chi connectivity index (χ0n) is 14.2. The minimum absolute atomic E-state index is 0.0388. The first-order valence-corrected chi connectivity index (χ1v) is 8.21. The van der Waals surface area contributed by atoms with Gasteiger partial charge in [0.2, 0.25) is 12.7 Å². The van der Waals surface area contributed by atoms with Gasteiger partial charge in [0.25, 0.3) is 0 Å². The smallest absolute Gasteiger partial charge is 0.238 e. The lowest BCUT2D eigenvalue weighted by atomic mass is 9.96. The third-order valence-corrected chi connectivity index (χ3v) is 4.03. The van der Waals surface area contributed by atoms with Crippen molar-refractivity contribution < 1.29 is 18.7 Å². The van der Waals surface area contributed by atoms with Crippen LogP contribution < -0.4 is 20.1 Å². The number of benzene rings is 2. The van der Waals surface area contributed by atoms with Crippen molar-refractivity contribution in [2.24, 2.45) is 5.92 Å². The van der Waals surface area contributed by atoms with Crippen LogP contribution in [0, 0.1) is 11.7 Å². The van der Waals surface area contributed by atoms with Gasteiger partial charge in [-0.15, -0.1) is 0 Å². The molecular weight excluding hydrogens is 323 g/mol. The maximum absolute atomic E-state index is 13.1. The lowest BCUT2D eigenvalue weighted by molar-refractivity contribution is -0.115. The molecule has 0 fully saturated rings. The molecule has 6 heteroatoms. The van der Waals surface area contributed by atoms with Gasteiger partial charge in [-0.05, 0) is 35.7 Å². The van der Waals surface area contributed by atoms with E-state index in [2.05, 4.69) is 24.5 Å². The summed E-state index contributed by atoms with van der Waals surface area (Å²) in [5, 5.41) is 6.07. The fraction of sp³-hybridized carbons (Fsp3) is 0.316. The van der Waals surface area contributed by atoms with Crippen LogP contribution in [-0.2, 0) is 4.79 Å². The molecule has 0 spiro atoms. The highest BCUT2D eigenvalue weighted by Crippen LogP contribution is 2.34. The molecule has 2 N–H and O–H groups in total. The van der Waals surface area contributed by atoms with Gasteiger partial charge in [0.05, 0.1) is 6.54 Å². The number of rotatable bonds is 6. The molecule has 1 atom stereocenters. The van der Waals surface area contributed by atoms with E-state index in [1.54, 1.807) is 30.3 Å². The van der Waals surface area contributed by atoms with Crippen LogP contribution in [0.2, 0.25) is 0 Å². The first-order chi connectivity index (χ1) is 12.0. The predicted octanol–water partition coefficient (Wildman–Crippen LogP) is 3.48. The molecule has 1 amide bonds. The number of fused-ring (bicyclic) bond motifs is 1. The van der Waals surface area contributed by atoms with Crippen molar-refractivity contribution in [3.05, 3.63) is 53.8 Å². The highest BCUT2D eigenvalue weighted by Gasteiger charge is 2.18. The average molecular weight is 344 g/mol. The van der Waals surface area contributed by atoms with E-state index < -0.39 is 0 Å². The van der Waals surface area contributed by atoms with E-state index in [0.29, 0.717) is 17.2 Å². The van der Waals surface area contributed by atoms with Crippen LogP contribution >= 0.6 is 0 Å². The number of hydrogen-bond donors (Lipinski definition) is 2. The van der Waals surface area contributed by atoms with Crippen molar-refractivity contribution in [1.29, 1.82) is 0 Å². The molecule has 1 heterocycles. The lowest BCUT2D eigenvalue weighted by Gasteiger charge is -2.22. The Morgan fingerprint density at radius 2 is 1.84 bits per heavy atom. The van der Waals surface area contributed by atoms with Gasteiger partial charge in [0, 0.05) is 17.8 Å². The van der Waals surface area contributed by atoms with Gasteiger partial charge in [0.15, 0.2) is 11.5 Å². The molecule has 5 nitrogen and oxygen atoms in total. The van der Waals surface area contributed by atoms with Gasteiger partial charge >= 0.3 is 0 Å². The lowest BCUT2D eigenvalue weighted by Crippen LogP contribution is -2.33. The maximum Gasteiger partial charge on any atom is 0.238 e. The van der Waals surface area contributed by atoms with Gasteiger partial charge < -0.3 is 20.1 Å². The van der Waals surface area contributed by atoms with E-state index in [1.165, 1.54) is 12.1 Å². The summed E-state index contributed by atoms with van der Waals surface area (Å²) in [6, 6.07) is 11.6. The molecule has 0 saturated carbocycles. The summed E-state index contributed by atoms with van der Waals surface area (Å²) < 4.78 is 23.6. The van der Waals surface area contributed by atoms with Gasteiger partial charge in [0.1, 0.15) is 5.82 Å². The summed E-state index contributed by atoms with van der Waals surface area (Å²) in [4.78, 5) is 12.2. The molecule has 3 rings (SSSR count). The molecule has 0 saturated heterocycles. The van der Waals surface area contributed by atoms with Crippen molar-refractivity contribution in [1.82, 2.24) is 5.32 Å². The fourth-order valence-electron chi connectivity index (χ4n) is 2.79. The Labute approximate surface area is 146 Å². The Bertz CT molecular complexity index is 747. The number of ether oxygens (including phenoxy) is 2. The predicted molar refractivity (Wildman–Crippen MR) is 93.2 cm³/mol. The monoisotopic (exact) mass is 344 g/mol. The van der Waals surface area contributed by atoms with Crippen LogP contribution in [0.25, 0.3) is 0 Å². The van der Waals surface area contributed by atoms with Gasteiger partial charge in [-0.3, -0.25) is 4.79 Å². The number of carbonyl (C=O) groups excluding carboxylic acids is 1. The Morgan fingerprint density at radius 3 is 2.56 bits per heavy atom. The first-order valence-electron chi connectivity index (χ1n) is 8.21. The summed E-state index contributed by atoms with van der Waals surface area (Å²) in [6.45, 7) is 4.45. The quantitative estimate of drug-likeness (QED) is 0.842. The van der Waals surface area contributed by atoms with Gasteiger partial charge in [-0.1, -0.05) is 26.0 Å². The molecule has 132 valence electrons. The minimum atomic E-state index is -0.271. The van der Waals surface area contributed by atoms with Crippen molar-refractivity contribution in [2.45, 2.75) is 19.9 Å². The minimum Gasteiger partial charge on any atom is -0.454 e. The van der Waals surface area contributed by atoms with E-state index in [0.717, 1.165) is 5.56 Å². The Morgan fingerprint density at radius 1 is 1.12 bits per heavy atom. The number of anilines is 1. The van der Waals surface area contributed by atoms with Crippen LogP contribution in [0.4, 0.5) is 10.1 Å². The van der Waals surface area contributed by atoms with Crippen molar-refractivity contribution in [3.63, 3.8) is 0 Å². The number of amides is 1. The van der Waals surface area contributed by atoms with E-state index in [9.17, 15) is 9.18 Å². The molecule has 0 aromatic heterocycles. The maximum atomic E-state index is 13.1. The summed E-state index contributed by atoms with van der Waals surface area (Å²) >= 11 is 0. The Balaban J connectivity index is 1.59. The number of nitrogens with one attached hydrogen (secondary N) is 2. The van der Waals surface area contributed by atoms with Crippen LogP contribution in [0.15, 0.2) is 42.5 Å². The van der Waals surface area contributed by atoms with Crippen LogP contribution in [0.3, 0.4) is 0 Å². The van der Waals surface area contributed by atoms with E-state index >= 15 is 0 Å². The van der Waals surface area contributed by atoms with Crippen LogP contribution in [0.1, 0.15) is 25.5 Å². The van der Waals surface area contributed by atoms with Crippen molar-refractivity contribution in [2.75, 3.05) is 18.7 Å². The van der Waals surface area contributed by atoms with E-state index in [1.807, 2.05) is 0 Å². The number of halogens is 1. The summed E-state index contributed by atoms with van der Waals surface area (Å²) in [5.41, 5.74) is 1.60. The SMILES string of the molecule is CC(C)[C@@H](NCC(=O)Nc1ccc2c(c1)OCO2)c1ccc(F)cc1.